The van der Waals surface area contributed by atoms with Crippen molar-refractivity contribution in [2.24, 2.45) is 5.92 Å². The Morgan fingerprint density at radius 2 is 2.16 bits per heavy atom. The fourth-order valence-corrected chi connectivity index (χ4v) is 5.15. The van der Waals surface area contributed by atoms with Gasteiger partial charge in [0.2, 0.25) is 9.70 Å². The Kier molecular flexibility index (Phi) is 8.07. The molecule has 2 amide bonds. The molecular weight excluding hydrogens is 479 g/mol. The molecule has 1 aliphatic carbocycles. The highest BCUT2D eigenvalue weighted by Crippen LogP contribution is 2.45. The highest BCUT2D eigenvalue weighted by atomic mass is 35.6. The Bertz CT molecular complexity index is 826. The summed E-state index contributed by atoms with van der Waals surface area (Å²) in [4.78, 5) is 28.5. The van der Waals surface area contributed by atoms with Gasteiger partial charge in [0.05, 0.1) is 24.2 Å². The number of aliphatic hydroxyl groups is 1. The SMILES string of the molecule is CC[C@H]1N(C(=O)OCC(Cl)(Cl)Cl)CCC2CC(N(C)C(=O)/C=C/c3ccoc3)CCC21O. The first-order chi connectivity index (χ1) is 15.0. The highest BCUT2D eigenvalue weighted by molar-refractivity contribution is 6.67. The van der Waals surface area contributed by atoms with Gasteiger partial charge in [-0.2, -0.15) is 0 Å². The second-order valence-electron chi connectivity index (χ2n) is 8.53. The van der Waals surface area contributed by atoms with E-state index in [2.05, 4.69) is 0 Å². The molecule has 10 heteroatoms. The second-order valence-corrected chi connectivity index (χ2v) is 11.0. The van der Waals surface area contributed by atoms with Crippen molar-refractivity contribution >= 4 is 52.9 Å². The van der Waals surface area contributed by atoms with Crippen LogP contribution in [0.3, 0.4) is 0 Å². The molecule has 7 nitrogen and oxygen atoms in total. The van der Waals surface area contributed by atoms with Gasteiger partial charge in [-0.05, 0) is 50.2 Å². The maximum absolute atomic E-state index is 12.6. The lowest BCUT2D eigenvalue weighted by molar-refractivity contribution is -0.151. The first kappa shape index (κ1) is 25.2. The molecule has 32 heavy (non-hydrogen) atoms. The molecule has 1 saturated heterocycles. The van der Waals surface area contributed by atoms with Crippen LogP contribution in [-0.4, -0.2) is 68.6 Å². The average Bonchev–Trinajstić information content (AvgIpc) is 3.27. The second kappa shape index (κ2) is 10.2. The molecule has 2 aliphatic rings. The van der Waals surface area contributed by atoms with Crippen molar-refractivity contribution in [1.82, 2.24) is 9.80 Å². The van der Waals surface area contributed by atoms with Crippen LogP contribution in [0.4, 0.5) is 4.79 Å². The summed E-state index contributed by atoms with van der Waals surface area (Å²) in [6.07, 6.45) is 8.77. The van der Waals surface area contributed by atoms with Gasteiger partial charge in [-0.3, -0.25) is 4.79 Å². The van der Waals surface area contributed by atoms with Crippen molar-refractivity contribution in [3.8, 4) is 0 Å². The minimum atomic E-state index is -1.69. The number of halogens is 3. The Labute approximate surface area is 203 Å². The van der Waals surface area contributed by atoms with Crippen LogP contribution < -0.4 is 0 Å². The molecule has 2 fully saturated rings. The van der Waals surface area contributed by atoms with Crippen LogP contribution in [-0.2, 0) is 9.53 Å². The quantitative estimate of drug-likeness (QED) is 0.464. The Morgan fingerprint density at radius 3 is 2.78 bits per heavy atom. The lowest BCUT2D eigenvalue weighted by Crippen LogP contribution is -2.65. The van der Waals surface area contributed by atoms with Crippen molar-refractivity contribution in [3.05, 3.63) is 30.2 Å². The van der Waals surface area contributed by atoms with E-state index in [-0.39, 0.29) is 24.5 Å². The summed E-state index contributed by atoms with van der Waals surface area (Å²) < 4.78 is 8.49. The van der Waals surface area contributed by atoms with E-state index in [9.17, 15) is 14.7 Å². The van der Waals surface area contributed by atoms with Crippen LogP contribution in [0.25, 0.3) is 6.08 Å². The summed E-state index contributed by atoms with van der Waals surface area (Å²) in [6.45, 7) is 2.02. The summed E-state index contributed by atoms with van der Waals surface area (Å²) in [5.74, 6) is -0.127. The summed E-state index contributed by atoms with van der Waals surface area (Å²) in [6, 6.07) is 1.40. The van der Waals surface area contributed by atoms with Crippen molar-refractivity contribution in [2.45, 2.75) is 60.5 Å². The first-order valence-electron chi connectivity index (χ1n) is 10.7. The van der Waals surface area contributed by atoms with Crippen molar-refractivity contribution < 1.29 is 23.8 Å². The molecule has 0 radical (unpaired) electrons. The largest absolute Gasteiger partial charge is 0.472 e. The molecular formula is C22H29Cl3N2O5. The van der Waals surface area contributed by atoms with E-state index in [1.165, 1.54) is 6.08 Å². The fourth-order valence-electron chi connectivity index (χ4n) is 4.98. The number of nitrogens with zero attached hydrogens (tertiary/aromatic N) is 2. The molecule has 2 heterocycles. The number of alkyl halides is 3. The minimum Gasteiger partial charge on any atom is -0.472 e. The highest BCUT2D eigenvalue weighted by Gasteiger charge is 2.53. The number of likely N-dealkylation sites (tertiary alicyclic amines) is 1. The van der Waals surface area contributed by atoms with Gasteiger partial charge in [0.1, 0.15) is 6.61 Å². The fraction of sp³-hybridized carbons (Fsp3) is 0.636. The number of furan rings is 1. The Morgan fingerprint density at radius 1 is 1.41 bits per heavy atom. The zero-order valence-electron chi connectivity index (χ0n) is 18.2. The van der Waals surface area contributed by atoms with Crippen LogP contribution >= 0.6 is 34.8 Å². The molecule has 1 aliphatic heterocycles. The maximum atomic E-state index is 12.6. The number of hydrogen-bond acceptors (Lipinski definition) is 5. The monoisotopic (exact) mass is 506 g/mol. The molecule has 1 N–H and O–H groups in total. The lowest BCUT2D eigenvalue weighted by atomic mass is 9.65. The third-order valence-corrected chi connectivity index (χ3v) is 6.98. The van der Waals surface area contributed by atoms with Gasteiger partial charge in [0, 0.05) is 31.3 Å². The molecule has 0 spiro atoms. The summed E-state index contributed by atoms with van der Waals surface area (Å²) >= 11 is 17.1. The van der Waals surface area contributed by atoms with Crippen LogP contribution in [0.1, 0.15) is 44.6 Å². The van der Waals surface area contributed by atoms with Crippen molar-refractivity contribution in [2.75, 3.05) is 20.2 Å². The van der Waals surface area contributed by atoms with Crippen LogP contribution in [0, 0.1) is 5.92 Å². The number of amides is 2. The van der Waals surface area contributed by atoms with Gasteiger partial charge in [-0.1, -0.05) is 41.7 Å². The number of rotatable bonds is 5. The molecule has 1 saturated carbocycles. The van der Waals surface area contributed by atoms with E-state index in [0.29, 0.717) is 38.6 Å². The topological polar surface area (TPSA) is 83.2 Å². The van der Waals surface area contributed by atoms with Crippen LogP contribution in [0.2, 0.25) is 0 Å². The number of hydrogen-bond donors (Lipinski definition) is 1. The zero-order valence-corrected chi connectivity index (χ0v) is 20.4. The molecule has 178 valence electrons. The van der Waals surface area contributed by atoms with E-state index in [1.807, 2.05) is 6.92 Å². The number of fused-ring (bicyclic) bond motifs is 1. The molecule has 0 aromatic carbocycles. The minimum absolute atomic E-state index is 0.0159. The van der Waals surface area contributed by atoms with Crippen molar-refractivity contribution in [1.29, 1.82) is 0 Å². The number of likely N-dealkylation sites (N-methyl/N-ethyl adjacent to an activating group) is 1. The lowest BCUT2D eigenvalue weighted by Gasteiger charge is -2.55. The molecule has 1 aromatic heterocycles. The average molecular weight is 508 g/mol. The van der Waals surface area contributed by atoms with E-state index in [1.54, 1.807) is 41.5 Å². The molecule has 3 unspecified atom stereocenters. The van der Waals surface area contributed by atoms with Gasteiger partial charge in [0.15, 0.2) is 0 Å². The molecule has 1 aromatic rings. The van der Waals surface area contributed by atoms with Gasteiger partial charge in [-0.15, -0.1) is 0 Å². The predicted octanol–water partition coefficient (Wildman–Crippen LogP) is 4.64. The standard InChI is InChI=1S/C22H29Cl3N2O5/c1-3-18-21(30)9-6-17(26(2)19(28)5-4-15-8-11-31-13-15)12-16(21)7-10-27(18)20(29)32-14-22(23,24)25/h4-5,8,11,13,16-18,30H,3,6-7,9-10,12,14H2,1-2H3/b5-4+/t16?,17?,18-,21?/m1/s1. The third kappa shape index (κ3) is 5.74. The van der Waals surface area contributed by atoms with E-state index in [0.717, 1.165) is 5.56 Å². The Balaban J connectivity index is 1.64. The van der Waals surface area contributed by atoms with E-state index in [4.69, 9.17) is 44.0 Å². The number of ether oxygens (including phenoxy) is 1. The maximum Gasteiger partial charge on any atom is 0.410 e. The number of piperidine rings is 1. The zero-order chi connectivity index (χ0) is 23.5. The summed E-state index contributed by atoms with van der Waals surface area (Å²) in [7, 11) is 1.79. The summed E-state index contributed by atoms with van der Waals surface area (Å²) in [5.41, 5.74) is -0.219. The van der Waals surface area contributed by atoms with E-state index < -0.39 is 21.5 Å². The molecule has 4 atom stereocenters. The van der Waals surface area contributed by atoms with E-state index >= 15 is 0 Å². The van der Waals surface area contributed by atoms with Crippen molar-refractivity contribution in [3.63, 3.8) is 0 Å². The van der Waals surface area contributed by atoms with Gasteiger partial charge in [-0.25, -0.2) is 4.79 Å². The van der Waals surface area contributed by atoms with Gasteiger partial charge in [0.25, 0.3) is 0 Å². The molecule has 0 bridgehead atoms. The summed E-state index contributed by atoms with van der Waals surface area (Å²) in [5, 5.41) is 11.6. The predicted molar refractivity (Wildman–Crippen MR) is 124 cm³/mol. The van der Waals surface area contributed by atoms with Crippen LogP contribution in [0.5, 0.6) is 0 Å². The first-order valence-corrected chi connectivity index (χ1v) is 11.9. The van der Waals surface area contributed by atoms with Crippen LogP contribution in [0.15, 0.2) is 29.1 Å². The molecule has 3 rings (SSSR count). The van der Waals surface area contributed by atoms with Gasteiger partial charge >= 0.3 is 6.09 Å². The number of carbonyl (C=O) groups is 2. The smallest absolute Gasteiger partial charge is 0.410 e. The Hall–Kier alpha value is -1.41. The van der Waals surface area contributed by atoms with Gasteiger partial charge < -0.3 is 24.1 Å². The third-order valence-electron chi connectivity index (χ3n) is 6.65. The normalized spacial score (nSPS) is 28.4. The number of carbonyl (C=O) groups excluding carboxylic acids is 2.